The molecule has 1 aliphatic heterocycles. The van der Waals surface area contributed by atoms with Crippen molar-refractivity contribution in [1.82, 2.24) is 5.32 Å². The Bertz CT molecular complexity index is 183. The summed E-state index contributed by atoms with van der Waals surface area (Å²) in [6.07, 6.45) is 11.5. The Labute approximate surface area is 100 Å². The summed E-state index contributed by atoms with van der Waals surface area (Å²) in [6, 6.07) is 0.710. The van der Waals surface area contributed by atoms with Gasteiger partial charge in [0.2, 0.25) is 0 Å². The molecule has 0 spiro atoms. The van der Waals surface area contributed by atoms with Crippen LogP contribution in [0.3, 0.4) is 0 Å². The summed E-state index contributed by atoms with van der Waals surface area (Å²) in [5, 5.41) is 3.70. The fourth-order valence-corrected chi connectivity index (χ4v) is 3.14. The van der Waals surface area contributed by atoms with Crippen molar-refractivity contribution in [1.29, 1.82) is 0 Å². The van der Waals surface area contributed by atoms with Gasteiger partial charge in [-0.3, -0.25) is 0 Å². The van der Waals surface area contributed by atoms with E-state index in [0.29, 0.717) is 12.1 Å². The highest BCUT2D eigenvalue weighted by molar-refractivity contribution is 4.76. The molecular formula is C14H27NO. The second kappa shape index (κ2) is 6.61. The molecule has 0 aromatic carbocycles. The number of hydrogen-bond donors (Lipinski definition) is 1. The van der Waals surface area contributed by atoms with Crippen LogP contribution >= 0.6 is 0 Å². The maximum atomic E-state index is 5.64. The van der Waals surface area contributed by atoms with Gasteiger partial charge in [0.25, 0.3) is 0 Å². The summed E-state index contributed by atoms with van der Waals surface area (Å²) in [5.74, 6) is 0.929. The van der Waals surface area contributed by atoms with E-state index >= 15 is 0 Å². The zero-order valence-electron chi connectivity index (χ0n) is 10.7. The summed E-state index contributed by atoms with van der Waals surface area (Å²) < 4.78 is 5.64. The normalized spacial score (nSPS) is 29.4. The van der Waals surface area contributed by atoms with Crippen LogP contribution in [0.2, 0.25) is 0 Å². The lowest BCUT2D eigenvalue weighted by molar-refractivity contribution is 0.102. The van der Waals surface area contributed by atoms with E-state index < -0.39 is 0 Å². The van der Waals surface area contributed by atoms with E-state index in [4.69, 9.17) is 4.74 Å². The van der Waals surface area contributed by atoms with Crippen molar-refractivity contribution < 1.29 is 4.74 Å². The number of hydrogen-bond acceptors (Lipinski definition) is 2. The van der Waals surface area contributed by atoms with Crippen molar-refractivity contribution in [3.05, 3.63) is 0 Å². The van der Waals surface area contributed by atoms with Crippen molar-refractivity contribution in [2.75, 3.05) is 13.2 Å². The SMILES string of the molecule is C[C@H](NCC[C@H]1CCCO1)C1CCCCC1. The van der Waals surface area contributed by atoms with Crippen LogP contribution in [-0.2, 0) is 4.74 Å². The third-order valence-electron chi connectivity index (χ3n) is 4.31. The first-order valence-corrected chi connectivity index (χ1v) is 7.21. The van der Waals surface area contributed by atoms with Crippen molar-refractivity contribution in [2.45, 2.75) is 70.4 Å². The average Bonchev–Trinajstić information content (AvgIpc) is 2.83. The lowest BCUT2D eigenvalue weighted by Gasteiger charge is -2.28. The van der Waals surface area contributed by atoms with Crippen LogP contribution in [0.4, 0.5) is 0 Å². The fraction of sp³-hybridized carbons (Fsp3) is 1.00. The zero-order valence-corrected chi connectivity index (χ0v) is 10.7. The second-order valence-corrected chi connectivity index (χ2v) is 5.56. The molecule has 16 heavy (non-hydrogen) atoms. The van der Waals surface area contributed by atoms with Crippen LogP contribution < -0.4 is 5.32 Å². The highest BCUT2D eigenvalue weighted by Crippen LogP contribution is 2.26. The molecule has 2 atom stereocenters. The molecule has 1 heterocycles. The molecule has 0 aromatic rings. The topological polar surface area (TPSA) is 21.3 Å². The van der Waals surface area contributed by atoms with E-state index in [1.165, 1.54) is 51.4 Å². The number of nitrogens with one attached hydrogen (secondary N) is 1. The molecule has 0 aromatic heterocycles. The molecule has 0 radical (unpaired) electrons. The van der Waals surface area contributed by atoms with Crippen LogP contribution in [-0.4, -0.2) is 25.3 Å². The van der Waals surface area contributed by atoms with Gasteiger partial charge in [-0.15, -0.1) is 0 Å². The van der Waals surface area contributed by atoms with Gasteiger partial charge >= 0.3 is 0 Å². The summed E-state index contributed by atoms with van der Waals surface area (Å²) in [5.41, 5.74) is 0. The number of ether oxygens (including phenoxy) is 1. The molecule has 0 amide bonds. The molecule has 0 bridgehead atoms. The molecule has 1 saturated heterocycles. The number of rotatable bonds is 5. The van der Waals surface area contributed by atoms with Gasteiger partial charge in [-0.2, -0.15) is 0 Å². The van der Waals surface area contributed by atoms with Crippen molar-refractivity contribution in [3.63, 3.8) is 0 Å². The van der Waals surface area contributed by atoms with Gasteiger partial charge in [0.15, 0.2) is 0 Å². The summed E-state index contributed by atoms with van der Waals surface area (Å²) in [7, 11) is 0. The lowest BCUT2D eigenvalue weighted by Crippen LogP contribution is -2.36. The molecule has 1 saturated carbocycles. The monoisotopic (exact) mass is 225 g/mol. The minimum Gasteiger partial charge on any atom is -0.378 e. The molecule has 0 unspecified atom stereocenters. The standard InChI is InChI=1S/C14H27NO/c1-12(13-6-3-2-4-7-13)15-10-9-14-8-5-11-16-14/h12-15H,2-11H2,1H3/t12-,14+/m0/s1. The van der Waals surface area contributed by atoms with E-state index in [-0.39, 0.29) is 0 Å². The van der Waals surface area contributed by atoms with Crippen molar-refractivity contribution >= 4 is 0 Å². The quantitative estimate of drug-likeness (QED) is 0.776. The first-order valence-electron chi connectivity index (χ1n) is 7.21. The van der Waals surface area contributed by atoms with E-state index in [0.717, 1.165) is 19.1 Å². The molecule has 1 N–H and O–H groups in total. The smallest absolute Gasteiger partial charge is 0.0588 e. The minimum absolute atomic E-state index is 0.547. The van der Waals surface area contributed by atoms with Crippen LogP contribution in [0.15, 0.2) is 0 Å². The highest BCUT2D eigenvalue weighted by Gasteiger charge is 2.20. The van der Waals surface area contributed by atoms with Crippen LogP contribution in [0.25, 0.3) is 0 Å². The Morgan fingerprint density at radius 1 is 1.12 bits per heavy atom. The summed E-state index contributed by atoms with van der Waals surface area (Å²) in [6.45, 7) is 4.50. The van der Waals surface area contributed by atoms with E-state index in [1.807, 2.05) is 0 Å². The highest BCUT2D eigenvalue weighted by atomic mass is 16.5. The minimum atomic E-state index is 0.547. The Kier molecular flexibility index (Phi) is 5.11. The van der Waals surface area contributed by atoms with Gasteiger partial charge in [-0.25, -0.2) is 0 Å². The van der Waals surface area contributed by atoms with Gasteiger partial charge in [0, 0.05) is 12.6 Å². The Morgan fingerprint density at radius 2 is 1.94 bits per heavy atom. The van der Waals surface area contributed by atoms with Crippen molar-refractivity contribution in [2.24, 2.45) is 5.92 Å². The van der Waals surface area contributed by atoms with Gasteiger partial charge in [0.05, 0.1) is 6.10 Å². The Hall–Kier alpha value is -0.0800. The van der Waals surface area contributed by atoms with Crippen molar-refractivity contribution in [3.8, 4) is 0 Å². The van der Waals surface area contributed by atoms with Crippen LogP contribution in [0.1, 0.15) is 58.3 Å². The Morgan fingerprint density at radius 3 is 2.62 bits per heavy atom. The second-order valence-electron chi connectivity index (χ2n) is 5.56. The van der Waals surface area contributed by atoms with Gasteiger partial charge in [-0.1, -0.05) is 19.3 Å². The maximum Gasteiger partial charge on any atom is 0.0588 e. The maximum absolute atomic E-state index is 5.64. The third kappa shape index (κ3) is 3.74. The zero-order chi connectivity index (χ0) is 11.2. The molecule has 2 nitrogen and oxygen atoms in total. The third-order valence-corrected chi connectivity index (χ3v) is 4.31. The molecule has 2 fully saturated rings. The molecule has 1 aliphatic carbocycles. The van der Waals surface area contributed by atoms with Gasteiger partial charge in [-0.05, 0) is 51.5 Å². The fourth-order valence-electron chi connectivity index (χ4n) is 3.14. The molecule has 2 rings (SSSR count). The van der Waals surface area contributed by atoms with E-state index in [9.17, 15) is 0 Å². The van der Waals surface area contributed by atoms with Gasteiger partial charge < -0.3 is 10.1 Å². The molecular weight excluding hydrogens is 198 g/mol. The molecule has 94 valence electrons. The average molecular weight is 225 g/mol. The van der Waals surface area contributed by atoms with Crippen LogP contribution in [0.5, 0.6) is 0 Å². The predicted octanol–water partition coefficient (Wildman–Crippen LogP) is 3.11. The largest absolute Gasteiger partial charge is 0.378 e. The first kappa shape index (κ1) is 12.4. The van der Waals surface area contributed by atoms with Crippen LogP contribution in [0, 0.1) is 5.92 Å². The van der Waals surface area contributed by atoms with E-state index in [2.05, 4.69) is 12.2 Å². The first-order chi connectivity index (χ1) is 7.86. The summed E-state index contributed by atoms with van der Waals surface area (Å²) >= 11 is 0. The Balaban J connectivity index is 1.57. The molecule has 2 heteroatoms. The van der Waals surface area contributed by atoms with Gasteiger partial charge in [0.1, 0.15) is 0 Å². The van der Waals surface area contributed by atoms with E-state index in [1.54, 1.807) is 0 Å². The summed E-state index contributed by atoms with van der Waals surface area (Å²) in [4.78, 5) is 0. The predicted molar refractivity (Wildman–Crippen MR) is 67.6 cm³/mol. The molecule has 2 aliphatic rings. The lowest BCUT2D eigenvalue weighted by atomic mass is 9.84.